The second-order valence-corrected chi connectivity index (χ2v) is 7.84. The summed E-state index contributed by atoms with van der Waals surface area (Å²) < 4.78 is 8.17. The number of imidazole rings is 1. The number of benzene rings is 3. The van der Waals surface area contributed by atoms with E-state index in [-0.39, 0.29) is 11.9 Å². The topological polar surface area (TPSA) is 56.1 Å². The minimum absolute atomic E-state index is 0.113. The van der Waals surface area contributed by atoms with E-state index in [4.69, 9.17) is 9.72 Å². The summed E-state index contributed by atoms with van der Waals surface area (Å²) in [5.74, 6) is 1.57. The number of nitrogens with zero attached hydrogens (tertiary/aromatic N) is 2. The monoisotopic (exact) mass is 413 g/mol. The SMILES string of the molecule is Cc1cc(C)cc(OCCn2c(C(C)NC(=O)c3ccccc3)nc3ccccc32)c1. The maximum atomic E-state index is 12.6. The number of para-hydroxylation sites is 2. The Hall–Kier alpha value is -3.60. The number of rotatable bonds is 7. The summed E-state index contributed by atoms with van der Waals surface area (Å²) in [6.07, 6.45) is 0. The number of aromatic nitrogens is 2. The van der Waals surface area contributed by atoms with Gasteiger partial charge in [0.15, 0.2) is 0 Å². The Kier molecular flexibility index (Phi) is 6.03. The van der Waals surface area contributed by atoms with Crippen LogP contribution in [0.4, 0.5) is 0 Å². The van der Waals surface area contributed by atoms with Gasteiger partial charge in [-0.2, -0.15) is 0 Å². The van der Waals surface area contributed by atoms with E-state index in [9.17, 15) is 4.79 Å². The molecule has 1 unspecified atom stereocenters. The van der Waals surface area contributed by atoms with Crippen molar-refractivity contribution in [3.05, 3.63) is 95.3 Å². The summed E-state index contributed by atoms with van der Waals surface area (Å²) >= 11 is 0. The molecule has 4 rings (SSSR count). The standard InChI is InChI=1S/C26H27N3O2/c1-18-15-19(2)17-22(16-18)31-14-13-29-24-12-8-7-11-23(24)28-25(29)20(3)27-26(30)21-9-5-4-6-10-21/h4-12,15-17,20H,13-14H2,1-3H3,(H,27,30). The molecular formula is C26H27N3O2. The molecule has 1 atom stereocenters. The van der Waals surface area contributed by atoms with Crippen LogP contribution in [0, 0.1) is 13.8 Å². The predicted octanol–water partition coefficient (Wildman–Crippen LogP) is 5.22. The predicted molar refractivity (Wildman–Crippen MR) is 123 cm³/mol. The van der Waals surface area contributed by atoms with E-state index in [1.54, 1.807) is 0 Å². The molecule has 158 valence electrons. The maximum absolute atomic E-state index is 12.6. The van der Waals surface area contributed by atoms with Crippen LogP contribution < -0.4 is 10.1 Å². The van der Waals surface area contributed by atoms with Crippen LogP contribution in [0.5, 0.6) is 5.75 Å². The van der Waals surface area contributed by atoms with Gasteiger partial charge in [0.05, 0.1) is 23.6 Å². The minimum Gasteiger partial charge on any atom is -0.492 e. The van der Waals surface area contributed by atoms with Crippen LogP contribution in [-0.2, 0) is 6.54 Å². The lowest BCUT2D eigenvalue weighted by Gasteiger charge is -2.17. The number of aryl methyl sites for hydroxylation is 2. The van der Waals surface area contributed by atoms with Crippen molar-refractivity contribution in [2.45, 2.75) is 33.4 Å². The highest BCUT2D eigenvalue weighted by Gasteiger charge is 2.19. The Morgan fingerprint density at radius 2 is 1.68 bits per heavy atom. The molecule has 0 spiro atoms. The van der Waals surface area contributed by atoms with Gasteiger partial charge >= 0.3 is 0 Å². The molecule has 1 amide bonds. The van der Waals surface area contributed by atoms with Crippen molar-refractivity contribution in [2.75, 3.05) is 6.61 Å². The highest BCUT2D eigenvalue weighted by molar-refractivity contribution is 5.94. The Bertz CT molecular complexity index is 1180. The van der Waals surface area contributed by atoms with E-state index in [1.165, 1.54) is 11.1 Å². The first-order valence-corrected chi connectivity index (χ1v) is 10.5. The van der Waals surface area contributed by atoms with Gasteiger partial charge in [0.25, 0.3) is 5.91 Å². The zero-order valence-corrected chi connectivity index (χ0v) is 18.1. The molecule has 0 radical (unpaired) electrons. The first kappa shape index (κ1) is 20.7. The van der Waals surface area contributed by atoms with Gasteiger partial charge < -0.3 is 14.6 Å². The molecular weight excluding hydrogens is 386 g/mol. The van der Waals surface area contributed by atoms with Crippen LogP contribution in [0.25, 0.3) is 11.0 Å². The zero-order valence-electron chi connectivity index (χ0n) is 18.1. The van der Waals surface area contributed by atoms with Gasteiger partial charge in [0.2, 0.25) is 0 Å². The second-order valence-electron chi connectivity index (χ2n) is 7.84. The summed E-state index contributed by atoms with van der Waals surface area (Å²) in [5, 5.41) is 3.07. The van der Waals surface area contributed by atoms with E-state index < -0.39 is 0 Å². The van der Waals surface area contributed by atoms with Crippen molar-refractivity contribution in [3.8, 4) is 5.75 Å². The summed E-state index contributed by atoms with van der Waals surface area (Å²) in [6.45, 7) is 7.24. The normalized spacial score (nSPS) is 12.0. The Labute approximate surface area is 182 Å². The van der Waals surface area contributed by atoms with Gasteiger partial charge in [-0.25, -0.2) is 4.98 Å². The molecule has 0 saturated carbocycles. The number of hydrogen-bond acceptors (Lipinski definition) is 3. The average Bonchev–Trinajstić information content (AvgIpc) is 3.12. The highest BCUT2D eigenvalue weighted by Crippen LogP contribution is 2.22. The van der Waals surface area contributed by atoms with Crippen LogP contribution in [0.2, 0.25) is 0 Å². The van der Waals surface area contributed by atoms with Crippen LogP contribution in [0.15, 0.2) is 72.8 Å². The number of hydrogen-bond donors (Lipinski definition) is 1. The number of nitrogens with one attached hydrogen (secondary N) is 1. The maximum Gasteiger partial charge on any atom is 0.251 e. The Morgan fingerprint density at radius 1 is 1.00 bits per heavy atom. The summed E-state index contributed by atoms with van der Waals surface area (Å²) in [4.78, 5) is 17.5. The second kappa shape index (κ2) is 9.04. The lowest BCUT2D eigenvalue weighted by Crippen LogP contribution is -2.29. The lowest BCUT2D eigenvalue weighted by atomic mass is 10.1. The molecule has 0 bridgehead atoms. The first-order valence-electron chi connectivity index (χ1n) is 10.5. The molecule has 0 fully saturated rings. The number of amides is 1. The molecule has 1 aromatic heterocycles. The summed E-state index contributed by atoms with van der Waals surface area (Å²) in [5.41, 5.74) is 4.93. The summed E-state index contributed by atoms with van der Waals surface area (Å²) in [7, 11) is 0. The third-order valence-corrected chi connectivity index (χ3v) is 5.23. The van der Waals surface area contributed by atoms with Crippen molar-refractivity contribution in [1.82, 2.24) is 14.9 Å². The minimum atomic E-state index is -0.249. The third-order valence-electron chi connectivity index (χ3n) is 5.23. The molecule has 0 saturated heterocycles. The lowest BCUT2D eigenvalue weighted by molar-refractivity contribution is 0.0937. The van der Waals surface area contributed by atoms with E-state index in [1.807, 2.05) is 73.7 Å². The van der Waals surface area contributed by atoms with Crippen LogP contribution in [0.1, 0.15) is 40.3 Å². The number of fused-ring (bicyclic) bond motifs is 1. The fourth-order valence-electron chi connectivity index (χ4n) is 3.86. The average molecular weight is 414 g/mol. The van der Waals surface area contributed by atoms with Gasteiger partial charge in [0, 0.05) is 5.56 Å². The van der Waals surface area contributed by atoms with E-state index >= 15 is 0 Å². The van der Waals surface area contributed by atoms with Gasteiger partial charge in [-0.1, -0.05) is 36.4 Å². The number of carbonyl (C=O) groups excluding carboxylic acids is 1. The number of ether oxygens (including phenoxy) is 1. The fourth-order valence-corrected chi connectivity index (χ4v) is 3.86. The fraction of sp³-hybridized carbons (Fsp3) is 0.231. The van der Waals surface area contributed by atoms with Crippen LogP contribution in [-0.4, -0.2) is 22.1 Å². The molecule has 4 aromatic rings. The molecule has 1 N–H and O–H groups in total. The van der Waals surface area contributed by atoms with Crippen molar-refractivity contribution < 1.29 is 9.53 Å². The van der Waals surface area contributed by atoms with Gasteiger partial charge in [-0.3, -0.25) is 4.79 Å². The van der Waals surface area contributed by atoms with Crippen molar-refractivity contribution in [1.29, 1.82) is 0 Å². The van der Waals surface area contributed by atoms with Gasteiger partial charge in [-0.05, 0) is 68.3 Å². The zero-order chi connectivity index (χ0) is 21.8. The summed E-state index contributed by atoms with van der Waals surface area (Å²) in [6, 6.07) is 23.2. The Balaban J connectivity index is 1.54. The molecule has 1 heterocycles. The molecule has 0 aliphatic carbocycles. The van der Waals surface area contributed by atoms with E-state index in [0.717, 1.165) is 22.6 Å². The molecule has 31 heavy (non-hydrogen) atoms. The van der Waals surface area contributed by atoms with Crippen molar-refractivity contribution in [2.24, 2.45) is 0 Å². The van der Waals surface area contributed by atoms with Crippen LogP contribution in [0.3, 0.4) is 0 Å². The molecule has 0 aliphatic rings. The Morgan fingerprint density at radius 3 is 2.42 bits per heavy atom. The third kappa shape index (κ3) is 4.77. The van der Waals surface area contributed by atoms with Crippen LogP contribution >= 0.6 is 0 Å². The smallest absolute Gasteiger partial charge is 0.251 e. The van der Waals surface area contributed by atoms with E-state index in [2.05, 4.69) is 29.8 Å². The molecule has 3 aromatic carbocycles. The van der Waals surface area contributed by atoms with E-state index in [0.29, 0.717) is 18.7 Å². The molecule has 5 heteroatoms. The highest BCUT2D eigenvalue weighted by atomic mass is 16.5. The van der Waals surface area contributed by atoms with Gasteiger partial charge in [0.1, 0.15) is 18.2 Å². The molecule has 5 nitrogen and oxygen atoms in total. The quantitative estimate of drug-likeness (QED) is 0.452. The van der Waals surface area contributed by atoms with Crippen molar-refractivity contribution >= 4 is 16.9 Å². The number of carbonyl (C=O) groups is 1. The van der Waals surface area contributed by atoms with Crippen molar-refractivity contribution in [3.63, 3.8) is 0 Å². The molecule has 0 aliphatic heterocycles. The first-order chi connectivity index (χ1) is 15.0. The largest absolute Gasteiger partial charge is 0.492 e. The van der Waals surface area contributed by atoms with Gasteiger partial charge in [-0.15, -0.1) is 0 Å².